The van der Waals surface area contributed by atoms with Gasteiger partial charge in [-0.3, -0.25) is 9.52 Å². The first kappa shape index (κ1) is 24.8. The van der Waals surface area contributed by atoms with E-state index in [0.29, 0.717) is 22.3 Å². The van der Waals surface area contributed by atoms with Crippen molar-refractivity contribution in [2.24, 2.45) is 0 Å². The molecule has 0 aliphatic rings. The number of methoxy groups -OCH3 is 1. The number of fused-ring (bicyclic) bond motifs is 1. The quantitative estimate of drug-likeness (QED) is 0.335. The van der Waals surface area contributed by atoms with Gasteiger partial charge in [0.2, 0.25) is 11.8 Å². The number of halogens is 2. The zero-order valence-corrected chi connectivity index (χ0v) is 20.5. The zero-order valence-electron chi connectivity index (χ0n) is 19.7. The maximum Gasteiger partial charge on any atom is 0.267 e. The molecule has 3 aromatic carbocycles. The molecular weight excluding hydrogens is 516 g/mol. The van der Waals surface area contributed by atoms with E-state index in [2.05, 4.69) is 14.7 Å². The lowest BCUT2D eigenvalue weighted by atomic mass is 10.1. The van der Waals surface area contributed by atoms with Crippen LogP contribution in [0.4, 0.5) is 20.4 Å². The number of benzene rings is 3. The van der Waals surface area contributed by atoms with E-state index < -0.39 is 27.2 Å². The Bertz CT molecular complexity index is 1860. The van der Waals surface area contributed by atoms with Crippen LogP contribution in [-0.4, -0.2) is 30.1 Å². The minimum absolute atomic E-state index is 0.0178. The number of hydrogen-bond acceptors (Lipinski definition) is 7. The van der Waals surface area contributed by atoms with Crippen molar-refractivity contribution in [2.45, 2.75) is 4.90 Å². The van der Waals surface area contributed by atoms with Crippen molar-refractivity contribution in [1.29, 1.82) is 0 Å². The molecule has 0 saturated carbocycles. The highest BCUT2D eigenvalue weighted by atomic mass is 32.2. The van der Waals surface area contributed by atoms with Crippen LogP contribution in [-0.2, 0) is 10.0 Å². The Morgan fingerprint density at radius 1 is 0.947 bits per heavy atom. The van der Waals surface area contributed by atoms with Gasteiger partial charge in [0.25, 0.3) is 15.6 Å². The van der Waals surface area contributed by atoms with Crippen LogP contribution in [0, 0.1) is 11.6 Å². The third-order valence-electron chi connectivity index (χ3n) is 5.71. The average molecular weight is 536 g/mol. The molecule has 0 unspecified atom stereocenters. The summed E-state index contributed by atoms with van der Waals surface area (Å²) in [6.07, 6.45) is 1.39. The number of ether oxygens (including phenoxy) is 1. The number of pyridine rings is 1. The van der Waals surface area contributed by atoms with Crippen LogP contribution >= 0.6 is 0 Å². The average Bonchev–Trinajstić information content (AvgIpc) is 2.91. The maximum absolute atomic E-state index is 13.6. The molecule has 0 fully saturated rings. The summed E-state index contributed by atoms with van der Waals surface area (Å²) in [6, 6.07) is 17.5. The van der Waals surface area contributed by atoms with Gasteiger partial charge < -0.3 is 10.5 Å². The van der Waals surface area contributed by atoms with Crippen LogP contribution in [0.2, 0.25) is 0 Å². The van der Waals surface area contributed by atoms with E-state index in [0.717, 1.165) is 18.2 Å². The highest BCUT2D eigenvalue weighted by molar-refractivity contribution is 7.92. The lowest BCUT2D eigenvalue weighted by Crippen LogP contribution is -2.23. The summed E-state index contributed by atoms with van der Waals surface area (Å²) in [4.78, 5) is 21.4. The first-order valence-electron chi connectivity index (χ1n) is 11.1. The molecule has 0 amide bonds. The molecule has 0 aliphatic carbocycles. The Balaban J connectivity index is 1.61. The Morgan fingerprint density at radius 2 is 1.71 bits per heavy atom. The fourth-order valence-electron chi connectivity index (χ4n) is 3.91. The molecule has 5 aromatic rings. The van der Waals surface area contributed by atoms with Gasteiger partial charge in [-0.05, 0) is 48.0 Å². The third kappa shape index (κ3) is 4.52. The van der Waals surface area contributed by atoms with Gasteiger partial charge >= 0.3 is 0 Å². The highest BCUT2D eigenvalue weighted by Gasteiger charge is 2.23. The molecule has 5 rings (SSSR count). The second-order valence-electron chi connectivity index (χ2n) is 8.14. The predicted molar refractivity (Wildman–Crippen MR) is 139 cm³/mol. The molecule has 2 aromatic heterocycles. The normalized spacial score (nSPS) is 11.4. The number of sulfonamides is 1. The molecule has 2 heterocycles. The summed E-state index contributed by atoms with van der Waals surface area (Å²) < 4.78 is 61.8. The molecule has 0 radical (unpaired) electrons. The number of para-hydroxylation sites is 1. The molecular formula is C26H19F2N5O4S. The number of aromatic nitrogens is 3. The Hall–Kier alpha value is -4.84. The molecule has 0 saturated heterocycles. The summed E-state index contributed by atoms with van der Waals surface area (Å²) in [7, 11) is -3.09. The number of anilines is 2. The van der Waals surface area contributed by atoms with Gasteiger partial charge in [-0.1, -0.05) is 24.3 Å². The van der Waals surface area contributed by atoms with E-state index in [-0.39, 0.29) is 27.8 Å². The number of nitrogens with zero attached hydrogens (tertiary/aromatic N) is 3. The minimum Gasteiger partial charge on any atom is -0.480 e. The minimum atomic E-state index is -4.34. The Labute approximate surface area is 215 Å². The van der Waals surface area contributed by atoms with Crippen molar-refractivity contribution >= 4 is 32.6 Å². The van der Waals surface area contributed by atoms with E-state index >= 15 is 0 Å². The summed E-state index contributed by atoms with van der Waals surface area (Å²) in [5.74, 6) is -2.53. The van der Waals surface area contributed by atoms with Gasteiger partial charge in [0, 0.05) is 17.8 Å². The molecule has 9 nitrogen and oxygen atoms in total. The molecule has 0 spiro atoms. The number of rotatable bonds is 6. The van der Waals surface area contributed by atoms with Crippen molar-refractivity contribution in [2.75, 3.05) is 17.6 Å². The largest absolute Gasteiger partial charge is 0.480 e. The summed E-state index contributed by atoms with van der Waals surface area (Å²) >= 11 is 0. The van der Waals surface area contributed by atoms with Gasteiger partial charge in [0.1, 0.15) is 4.90 Å². The van der Waals surface area contributed by atoms with Crippen LogP contribution in [0.5, 0.6) is 5.88 Å². The van der Waals surface area contributed by atoms with Crippen molar-refractivity contribution in [3.05, 3.63) is 101 Å². The van der Waals surface area contributed by atoms with Crippen LogP contribution in [0.25, 0.3) is 27.7 Å². The van der Waals surface area contributed by atoms with Gasteiger partial charge in [0.05, 0.1) is 29.4 Å². The number of nitrogens with two attached hydrogens (primary N) is 1. The van der Waals surface area contributed by atoms with E-state index in [9.17, 15) is 22.0 Å². The summed E-state index contributed by atoms with van der Waals surface area (Å²) in [5.41, 5.74) is 7.18. The standard InChI is InChI=1S/C26H19F2N5O4S/c1-37-24-23(38(35,36)32-17-8-9-20(27)21(28)13-17)12-16(14-30-24)15-7-10-22-19(11-15)25(34)33(26(29)31-22)18-5-3-2-4-6-18/h2-14,32H,1H3,(H2,29,31). The van der Waals surface area contributed by atoms with Crippen LogP contribution in [0.1, 0.15) is 0 Å². The monoisotopic (exact) mass is 535 g/mol. The first-order valence-corrected chi connectivity index (χ1v) is 12.6. The lowest BCUT2D eigenvalue weighted by molar-refractivity contribution is 0.385. The van der Waals surface area contributed by atoms with Gasteiger partial charge in [-0.15, -0.1) is 0 Å². The summed E-state index contributed by atoms with van der Waals surface area (Å²) in [6.45, 7) is 0. The number of nitrogens with one attached hydrogen (secondary N) is 1. The lowest BCUT2D eigenvalue weighted by Gasteiger charge is -2.13. The van der Waals surface area contributed by atoms with Gasteiger partial charge in [-0.25, -0.2) is 31.7 Å². The third-order valence-corrected chi connectivity index (χ3v) is 7.09. The van der Waals surface area contributed by atoms with Crippen molar-refractivity contribution in [3.63, 3.8) is 0 Å². The van der Waals surface area contributed by atoms with E-state index in [1.807, 2.05) is 0 Å². The fraction of sp³-hybridized carbons (Fsp3) is 0.0385. The molecule has 192 valence electrons. The number of hydrogen-bond donors (Lipinski definition) is 2. The predicted octanol–water partition coefficient (Wildman–Crippen LogP) is 4.12. The molecule has 0 bridgehead atoms. The molecule has 12 heteroatoms. The Kier molecular flexibility index (Phi) is 6.25. The smallest absolute Gasteiger partial charge is 0.267 e. The second kappa shape index (κ2) is 9.56. The SMILES string of the molecule is COc1ncc(-c2ccc3nc(N)n(-c4ccccc4)c(=O)c3c2)cc1S(=O)(=O)Nc1ccc(F)c(F)c1. The highest BCUT2D eigenvalue weighted by Crippen LogP contribution is 2.30. The fourth-order valence-corrected chi connectivity index (χ4v) is 5.11. The van der Waals surface area contributed by atoms with Crippen molar-refractivity contribution in [3.8, 4) is 22.7 Å². The first-order chi connectivity index (χ1) is 18.2. The van der Waals surface area contributed by atoms with Crippen LogP contribution in [0.3, 0.4) is 0 Å². The van der Waals surface area contributed by atoms with Crippen LogP contribution < -0.4 is 20.8 Å². The second-order valence-corrected chi connectivity index (χ2v) is 9.79. The van der Waals surface area contributed by atoms with Crippen molar-refractivity contribution < 1.29 is 21.9 Å². The van der Waals surface area contributed by atoms with E-state index in [1.54, 1.807) is 48.5 Å². The van der Waals surface area contributed by atoms with E-state index in [4.69, 9.17) is 10.5 Å². The van der Waals surface area contributed by atoms with Gasteiger partial charge in [-0.2, -0.15) is 0 Å². The summed E-state index contributed by atoms with van der Waals surface area (Å²) in [5, 5.41) is 0.251. The molecule has 0 atom stereocenters. The Morgan fingerprint density at radius 3 is 2.42 bits per heavy atom. The van der Waals surface area contributed by atoms with Crippen LogP contribution in [0.15, 0.2) is 88.7 Å². The molecule has 3 N–H and O–H groups in total. The maximum atomic E-state index is 13.6. The number of nitrogen functional groups attached to an aromatic ring is 1. The van der Waals surface area contributed by atoms with Gasteiger partial charge in [0.15, 0.2) is 11.6 Å². The molecule has 38 heavy (non-hydrogen) atoms. The topological polar surface area (TPSA) is 129 Å². The van der Waals surface area contributed by atoms with Crippen molar-refractivity contribution in [1.82, 2.24) is 14.5 Å². The van der Waals surface area contributed by atoms with E-state index in [1.165, 1.54) is 23.9 Å². The zero-order chi connectivity index (χ0) is 27.0. The molecule has 0 aliphatic heterocycles.